The second-order valence-electron chi connectivity index (χ2n) is 3.65. The van der Waals surface area contributed by atoms with E-state index in [0.717, 1.165) is 0 Å². The van der Waals surface area contributed by atoms with E-state index in [-0.39, 0.29) is 0 Å². The molecule has 0 aliphatic heterocycles. The first-order chi connectivity index (χ1) is 8.79. The molecule has 19 heavy (non-hydrogen) atoms. The fraction of sp³-hybridized carbons (Fsp3) is 0.300. The van der Waals surface area contributed by atoms with Crippen molar-refractivity contribution < 1.29 is 34.5 Å². The summed E-state index contributed by atoms with van der Waals surface area (Å²) in [6.07, 6.45) is -3.66. The molecule has 0 aliphatic carbocycles. The molecule has 0 heterocycles. The second-order valence-corrected chi connectivity index (χ2v) is 3.65. The van der Waals surface area contributed by atoms with Gasteiger partial charge >= 0.3 is 5.97 Å². The van der Waals surface area contributed by atoms with Crippen LogP contribution in [0.4, 0.5) is 10.1 Å². The van der Waals surface area contributed by atoms with Gasteiger partial charge in [0.25, 0.3) is 5.69 Å². The van der Waals surface area contributed by atoms with Gasteiger partial charge in [-0.2, -0.15) is 0 Å². The minimum absolute atomic E-state index is 0.378. The zero-order valence-electron chi connectivity index (χ0n) is 9.36. The van der Waals surface area contributed by atoms with E-state index >= 15 is 0 Å². The molecule has 1 rings (SSSR count). The first-order valence-electron chi connectivity index (χ1n) is 4.97. The fourth-order valence-corrected chi connectivity index (χ4v) is 1.43. The molecule has 0 spiro atoms. The Morgan fingerprint density at radius 2 is 2.00 bits per heavy atom. The standard InChI is InChI=1S/C10H10FNO7/c11-6-1-5(10(16)17)7(12(18)19)2-4(6)9(15)8(14)3-13/h1-2,8-9,13-15H,3H2,(H,16,17). The maximum Gasteiger partial charge on any atom is 0.342 e. The molecule has 0 aliphatic rings. The van der Waals surface area contributed by atoms with E-state index in [4.69, 9.17) is 15.3 Å². The van der Waals surface area contributed by atoms with E-state index in [2.05, 4.69) is 0 Å². The van der Waals surface area contributed by atoms with E-state index in [0.29, 0.717) is 12.1 Å². The molecule has 2 atom stereocenters. The smallest absolute Gasteiger partial charge is 0.342 e. The van der Waals surface area contributed by atoms with Crippen LogP contribution in [0.2, 0.25) is 0 Å². The van der Waals surface area contributed by atoms with E-state index in [1.54, 1.807) is 0 Å². The lowest BCUT2D eigenvalue weighted by molar-refractivity contribution is -0.385. The summed E-state index contributed by atoms with van der Waals surface area (Å²) < 4.78 is 13.6. The predicted octanol–water partition coefficient (Wildman–Crippen LogP) is -0.181. The highest BCUT2D eigenvalue weighted by atomic mass is 19.1. The van der Waals surface area contributed by atoms with E-state index < -0.39 is 52.3 Å². The van der Waals surface area contributed by atoms with E-state index in [9.17, 15) is 24.4 Å². The van der Waals surface area contributed by atoms with E-state index in [1.807, 2.05) is 0 Å². The predicted molar refractivity (Wildman–Crippen MR) is 58.1 cm³/mol. The lowest BCUT2D eigenvalue weighted by Gasteiger charge is -2.16. The number of benzene rings is 1. The summed E-state index contributed by atoms with van der Waals surface area (Å²) in [5.74, 6) is -2.93. The normalized spacial score (nSPS) is 13.9. The second kappa shape index (κ2) is 5.69. The summed E-state index contributed by atoms with van der Waals surface area (Å²) in [5, 5.41) is 46.6. The van der Waals surface area contributed by atoms with Crippen LogP contribution in [0, 0.1) is 15.9 Å². The summed E-state index contributed by atoms with van der Waals surface area (Å²) in [7, 11) is 0. The van der Waals surface area contributed by atoms with Crippen LogP contribution < -0.4 is 0 Å². The largest absolute Gasteiger partial charge is 0.477 e. The van der Waals surface area contributed by atoms with Crippen LogP contribution in [0.15, 0.2) is 12.1 Å². The molecule has 2 unspecified atom stereocenters. The maximum atomic E-state index is 13.6. The first-order valence-corrected chi connectivity index (χ1v) is 4.97. The number of aromatic carboxylic acids is 1. The van der Waals surface area contributed by atoms with Crippen molar-refractivity contribution in [3.05, 3.63) is 39.2 Å². The fourth-order valence-electron chi connectivity index (χ4n) is 1.43. The van der Waals surface area contributed by atoms with E-state index in [1.165, 1.54) is 0 Å². The summed E-state index contributed by atoms with van der Waals surface area (Å²) in [4.78, 5) is 20.4. The van der Waals surface area contributed by atoms with Gasteiger partial charge in [0.1, 0.15) is 23.6 Å². The van der Waals surface area contributed by atoms with Crippen molar-refractivity contribution in [2.75, 3.05) is 6.61 Å². The first kappa shape index (κ1) is 15.0. The van der Waals surface area contributed by atoms with Crippen molar-refractivity contribution in [3.8, 4) is 0 Å². The molecule has 0 bridgehead atoms. The third-order valence-corrected chi connectivity index (χ3v) is 2.41. The molecule has 0 saturated carbocycles. The Morgan fingerprint density at radius 1 is 1.42 bits per heavy atom. The van der Waals surface area contributed by atoms with Crippen molar-refractivity contribution in [2.24, 2.45) is 0 Å². The number of hydrogen-bond donors (Lipinski definition) is 4. The highest BCUT2D eigenvalue weighted by Gasteiger charge is 2.28. The van der Waals surface area contributed by atoms with Crippen LogP contribution >= 0.6 is 0 Å². The van der Waals surface area contributed by atoms with Crippen molar-refractivity contribution in [1.82, 2.24) is 0 Å². The van der Waals surface area contributed by atoms with Gasteiger partial charge in [-0.05, 0) is 6.07 Å². The van der Waals surface area contributed by atoms with Crippen LogP contribution in [0.3, 0.4) is 0 Å². The van der Waals surface area contributed by atoms with Crippen molar-refractivity contribution in [1.29, 1.82) is 0 Å². The van der Waals surface area contributed by atoms with Crippen LogP contribution in [-0.2, 0) is 0 Å². The SMILES string of the molecule is O=C(O)c1cc(F)c(C(O)C(O)CO)cc1[N+](=O)[O-]. The van der Waals surface area contributed by atoms with Crippen LogP contribution in [0.5, 0.6) is 0 Å². The van der Waals surface area contributed by atoms with Gasteiger partial charge in [-0.15, -0.1) is 0 Å². The number of nitro benzene ring substituents is 1. The lowest BCUT2D eigenvalue weighted by atomic mass is 10.0. The Balaban J connectivity index is 3.40. The number of carboxylic acids is 1. The average molecular weight is 275 g/mol. The monoisotopic (exact) mass is 275 g/mol. The molecule has 0 fully saturated rings. The topological polar surface area (TPSA) is 141 Å². The number of nitro groups is 1. The van der Waals surface area contributed by atoms with Crippen molar-refractivity contribution in [2.45, 2.75) is 12.2 Å². The Hall–Kier alpha value is -2.10. The van der Waals surface area contributed by atoms with Gasteiger partial charge in [0.05, 0.1) is 11.5 Å². The van der Waals surface area contributed by atoms with Crippen LogP contribution in [0.1, 0.15) is 22.0 Å². The minimum atomic E-state index is -1.91. The maximum absolute atomic E-state index is 13.6. The number of carboxylic acid groups (broad SMARTS) is 1. The number of aliphatic hydroxyl groups excluding tert-OH is 3. The molecule has 9 heteroatoms. The molecule has 0 aromatic heterocycles. The lowest BCUT2D eigenvalue weighted by Crippen LogP contribution is -2.23. The van der Waals surface area contributed by atoms with Crippen LogP contribution in [-0.4, -0.2) is 44.0 Å². The van der Waals surface area contributed by atoms with Gasteiger partial charge in [-0.1, -0.05) is 0 Å². The Labute approximate surface area is 105 Å². The molecule has 0 radical (unpaired) electrons. The molecular weight excluding hydrogens is 265 g/mol. The Bertz CT molecular complexity index is 519. The zero-order valence-corrected chi connectivity index (χ0v) is 9.36. The Morgan fingerprint density at radius 3 is 2.42 bits per heavy atom. The Kier molecular flexibility index (Phi) is 4.48. The van der Waals surface area contributed by atoms with Gasteiger partial charge in [-0.25, -0.2) is 9.18 Å². The minimum Gasteiger partial charge on any atom is -0.477 e. The number of halogens is 1. The van der Waals surface area contributed by atoms with Gasteiger partial charge in [0, 0.05) is 11.6 Å². The number of rotatable bonds is 5. The average Bonchev–Trinajstić information content (AvgIpc) is 2.36. The van der Waals surface area contributed by atoms with Gasteiger partial charge < -0.3 is 20.4 Å². The highest BCUT2D eigenvalue weighted by Crippen LogP contribution is 2.28. The van der Waals surface area contributed by atoms with Crippen molar-refractivity contribution >= 4 is 11.7 Å². The molecule has 4 N–H and O–H groups in total. The summed E-state index contributed by atoms with van der Waals surface area (Å²) in [5.41, 5.74) is -2.47. The number of nitrogens with zero attached hydrogens (tertiary/aromatic N) is 1. The van der Waals surface area contributed by atoms with Gasteiger partial charge in [0.15, 0.2) is 0 Å². The highest BCUT2D eigenvalue weighted by molar-refractivity contribution is 5.92. The number of carbonyl (C=O) groups is 1. The molecular formula is C10H10FNO7. The summed E-state index contributed by atoms with van der Waals surface area (Å²) >= 11 is 0. The molecule has 104 valence electrons. The van der Waals surface area contributed by atoms with Gasteiger partial charge in [-0.3, -0.25) is 10.1 Å². The van der Waals surface area contributed by atoms with Gasteiger partial charge in [0.2, 0.25) is 0 Å². The number of aliphatic hydroxyl groups is 3. The van der Waals surface area contributed by atoms with Crippen molar-refractivity contribution in [3.63, 3.8) is 0 Å². The summed E-state index contributed by atoms with van der Waals surface area (Å²) in [6.45, 7) is -0.894. The molecule has 1 aromatic carbocycles. The molecule has 0 amide bonds. The number of hydrogen-bond acceptors (Lipinski definition) is 6. The third kappa shape index (κ3) is 3.02. The molecule has 0 saturated heterocycles. The molecule has 1 aromatic rings. The third-order valence-electron chi connectivity index (χ3n) is 2.41. The summed E-state index contributed by atoms with van der Waals surface area (Å²) in [6, 6.07) is 0.894. The molecule has 8 nitrogen and oxygen atoms in total. The zero-order chi connectivity index (χ0) is 14.7. The quantitative estimate of drug-likeness (QED) is 0.431. The van der Waals surface area contributed by atoms with Crippen LogP contribution in [0.25, 0.3) is 0 Å².